The number of nitrogens with zero attached hydrogens (tertiary/aromatic N) is 3. The van der Waals surface area contributed by atoms with Gasteiger partial charge in [0, 0.05) is 6.54 Å². The maximum atomic E-state index is 11.6. The molecule has 6 heteroatoms. The fraction of sp³-hybridized carbons (Fsp3) is 0.727. The van der Waals surface area contributed by atoms with Crippen molar-refractivity contribution in [1.82, 2.24) is 25.6 Å². The maximum absolute atomic E-state index is 11.6. The average molecular weight is 239 g/mol. The first-order valence-electron chi connectivity index (χ1n) is 6.02. The number of rotatable bonds is 6. The van der Waals surface area contributed by atoms with Crippen molar-refractivity contribution >= 4 is 6.03 Å². The molecule has 0 aliphatic heterocycles. The molecule has 1 atom stereocenters. The second kappa shape index (κ2) is 6.88. The highest BCUT2D eigenvalue weighted by Crippen LogP contribution is 2.03. The standard InChI is InChI=1S/C11H21N5O/c1-4-5-12-11(17)15-10(9(2)3)8-16-13-6-7-14-16/h6-7,9-10H,4-5,8H2,1-3H3,(H2,12,15,17). The minimum absolute atomic E-state index is 0.0271. The third kappa shape index (κ3) is 4.84. The van der Waals surface area contributed by atoms with Gasteiger partial charge < -0.3 is 10.6 Å². The molecular formula is C11H21N5O. The summed E-state index contributed by atoms with van der Waals surface area (Å²) in [7, 11) is 0. The van der Waals surface area contributed by atoms with Crippen LogP contribution in [0.5, 0.6) is 0 Å². The highest BCUT2D eigenvalue weighted by atomic mass is 16.2. The Morgan fingerprint density at radius 3 is 2.53 bits per heavy atom. The lowest BCUT2D eigenvalue weighted by Crippen LogP contribution is -2.46. The lowest BCUT2D eigenvalue weighted by Gasteiger charge is -2.21. The lowest BCUT2D eigenvalue weighted by atomic mass is 10.1. The van der Waals surface area contributed by atoms with Crippen molar-refractivity contribution in [3.8, 4) is 0 Å². The van der Waals surface area contributed by atoms with Crippen LogP contribution in [0.15, 0.2) is 12.4 Å². The van der Waals surface area contributed by atoms with E-state index in [0.29, 0.717) is 19.0 Å². The zero-order valence-corrected chi connectivity index (χ0v) is 10.7. The Morgan fingerprint density at radius 1 is 1.35 bits per heavy atom. The first-order chi connectivity index (χ1) is 8.13. The first-order valence-corrected chi connectivity index (χ1v) is 6.02. The van der Waals surface area contributed by atoms with Crippen LogP contribution in [0.3, 0.4) is 0 Å². The van der Waals surface area contributed by atoms with Gasteiger partial charge in [-0.2, -0.15) is 15.0 Å². The van der Waals surface area contributed by atoms with Crippen LogP contribution in [0.2, 0.25) is 0 Å². The molecule has 2 amide bonds. The molecule has 0 saturated heterocycles. The molecule has 6 nitrogen and oxygen atoms in total. The molecule has 2 N–H and O–H groups in total. The van der Waals surface area contributed by atoms with Gasteiger partial charge in [0.05, 0.1) is 25.0 Å². The highest BCUT2D eigenvalue weighted by Gasteiger charge is 2.17. The fourth-order valence-electron chi connectivity index (χ4n) is 1.39. The molecule has 0 spiro atoms. The SMILES string of the molecule is CCCNC(=O)NC(Cn1nccn1)C(C)C. The van der Waals surface area contributed by atoms with Crippen LogP contribution in [0.1, 0.15) is 27.2 Å². The average Bonchev–Trinajstić information content (AvgIpc) is 2.78. The van der Waals surface area contributed by atoms with E-state index in [9.17, 15) is 4.79 Å². The minimum atomic E-state index is -0.127. The van der Waals surface area contributed by atoms with Gasteiger partial charge in [0.1, 0.15) is 0 Å². The van der Waals surface area contributed by atoms with Crippen LogP contribution in [0, 0.1) is 5.92 Å². The van der Waals surface area contributed by atoms with Crippen LogP contribution >= 0.6 is 0 Å². The molecule has 0 aliphatic rings. The van der Waals surface area contributed by atoms with Crippen LogP contribution in [0.25, 0.3) is 0 Å². The number of aromatic nitrogens is 3. The minimum Gasteiger partial charge on any atom is -0.338 e. The molecule has 0 aromatic carbocycles. The van der Waals surface area contributed by atoms with E-state index < -0.39 is 0 Å². The van der Waals surface area contributed by atoms with Gasteiger partial charge in [-0.05, 0) is 12.3 Å². The molecular weight excluding hydrogens is 218 g/mol. The normalized spacial score (nSPS) is 12.5. The van der Waals surface area contributed by atoms with Gasteiger partial charge in [-0.15, -0.1) is 0 Å². The molecule has 0 bridgehead atoms. The van der Waals surface area contributed by atoms with Crippen molar-refractivity contribution in [2.24, 2.45) is 5.92 Å². The third-order valence-corrected chi connectivity index (χ3v) is 2.48. The van der Waals surface area contributed by atoms with E-state index in [4.69, 9.17) is 0 Å². The predicted octanol–water partition coefficient (Wildman–Crippen LogP) is 1.01. The number of hydrogen-bond acceptors (Lipinski definition) is 3. The number of amides is 2. The summed E-state index contributed by atoms with van der Waals surface area (Å²) < 4.78 is 0. The Labute approximate surface area is 102 Å². The summed E-state index contributed by atoms with van der Waals surface area (Å²) >= 11 is 0. The number of carbonyl (C=O) groups excluding carboxylic acids is 1. The van der Waals surface area contributed by atoms with Gasteiger partial charge in [0.25, 0.3) is 0 Å². The number of urea groups is 1. The van der Waals surface area contributed by atoms with Crippen LogP contribution < -0.4 is 10.6 Å². The summed E-state index contributed by atoms with van der Waals surface area (Å²) in [6.45, 7) is 7.43. The Morgan fingerprint density at radius 2 is 2.00 bits per heavy atom. The zero-order chi connectivity index (χ0) is 12.7. The van der Waals surface area contributed by atoms with Crippen molar-refractivity contribution in [1.29, 1.82) is 0 Å². The molecule has 0 saturated carbocycles. The van der Waals surface area contributed by atoms with Crippen molar-refractivity contribution < 1.29 is 4.79 Å². The van der Waals surface area contributed by atoms with Crippen LogP contribution in [-0.2, 0) is 6.54 Å². The van der Waals surface area contributed by atoms with Crippen LogP contribution in [-0.4, -0.2) is 33.6 Å². The third-order valence-electron chi connectivity index (χ3n) is 2.48. The number of nitrogens with one attached hydrogen (secondary N) is 2. The Hall–Kier alpha value is -1.59. The quantitative estimate of drug-likeness (QED) is 0.778. The van der Waals surface area contributed by atoms with Crippen molar-refractivity contribution in [3.63, 3.8) is 0 Å². The van der Waals surface area contributed by atoms with E-state index in [0.717, 1.165) is 6.42 Å². The number of hydrogen-bond donors (Lipinski definition) is 2. The molecule has 0 radical (unpaired) electrons. The van der Waals surface area contributed by atoms with Crippen molar-refractivity contribution in [2.75, 3.05) is 6.54 Å². The Kier molecular flexibility index (Phi) is 5.45. The van der Waals surface area contributed by atoms with E-state index in [1.807, 2.05) is 6.92 Å². The lowest BCUT2D eigenvalue weighted by molar-refractivity contribution is 0.228. The second-order valence-electron chi connectivity index (χ2n) is 4.33. The molecule has 1 rings (SSSR count). The van der Waals surface area contributed by atoms with Crippen molar-refractivity contribution in [2.45, 2.75) is 39.8 Å². The smallest absolute Gasteiger partial charge is 0.315 e. The molecule has 1 aromatic heterocycles. The van der Waals surface area contributed by atoms with E-state index in [-0.39, 0.29) is 12.1 Å². The molecule has 96 valence electrons. The molecule has 0 aliphatic carbocycles. The van der Waals surface area contributed by atoms with Crippen LogP contribution in [0.4, 0.5) is 4.79 Å². The summed E-state index contributed by atoms with van der Waals surface area (Å²) in [4.78, 5) is 13.2. The second-order valence-corrected chi connectivity index (χ2v) is 4.33. The van der Waals surface area contributed by atoms with Gasteiger partial charge >= 0.3 is 6.03 Å². The Bertz CT molecular complexity index is 323. The van der Waals surface area contributed by atoms with E-state index in [1.54, 1.807) is 17.2 Å². The maximum Gasteiger partial charge on any atom is 0.315 e. The predicted molar refractivity (Wildman–Crippen MR) is 65.5 cm³/mol. The van der Waals surface area contributed by atoms with Gasteiger partial charge in [0.2, 0.25) is 0 Å². The molecule has 17 heavy (non-hydrogen) atoms. The Balaban J connectivity index is 2.46. The topological polar surface area (TPSA) is 71.8 Å². The highest BCUT2D eigenvalue weighted by molar-refractivity contribution is 5.74. The van der Waals surface area contributed by atoms with E-state index >= 15 is 0 Å². The number of carbonyl (C=O) groups is 1. The van der Waals surface area contributed by atoms with Gasteiger partial charge in [-0.25, -0.2) is 4.79 Å². The molecule has 1 aromatic rings. The summed E-state index contributed by atoms with van der Waals surface area (Å²) in [5.41, 5.74) is 0. The van der Waals surface area contributed by atoms with Gasteiger partial charge in [0.15, 0.2) is 0 Å². The molecule has 0 fully saturated rings. The van der Waals surface area contributed by atoms with Crippen molar-refractivity contribution in [3.05, 3.63) is 12.4 Å². The fourth-order valence-corrected chi connectivity index (χ4v) is 1.39. The summed E-state index contributed by atoms with van der Waals surface area (Å²) in [5.74, 6) is 0.327. The zero-order valence-electron chi connectivity index (χ0n) is 10.7. The van der Waals surface area contributed by atoms with E-state index in [1.165, 1.54) is 0 Å². The summed E-state index contributed by atoms with van der Waals surface area (Å²) in [6, 6.07) is -0.100. The summed E-state index contributed by atoms with van der Waals surface area (Å²) in [6.07, 6.45) is 4.20. The van der Waals surface area contributed by atoms with Gasteiger partial charge in [-0.3, -0.25) is 0 Å². The largest absolute Gasteiger partial charge is 0.338 e. The summed E-state index contributed by atoms with van der Waals surface area (Å²) in [5, 5.41) is 13.8. The van der Waals surface area contributed by atoms with Gasteiger partial charge in [-0.1, -0.05) is 20.8 Å². The van der Waals surface area contributed by atoms with E-state index in [2.05, 4.69) is 34.7 Å². The first kappa shape index (κ1) is 13.5. The molecule has 1 unspecified atom stereocenters. The molecule has 1 heterocycles. The monoisotopic (exact) mass is 239 g/mol.